The van der Waals surface area contributed by atoms with Crippen LogP contribution in [-0.2, 0) is 11.0 Å². The van der Waals surface area contributed by atoms with Gasteiger partial charge in [-0.15, -0.1) is 0 Å². The van der Waals surface area contributed by atoms with Crippen LogP contribution < -0.4 is 10.2 Å². The van der Waals surface area contributed by atoms with Crippen LogP contribution in [0.2, 0.25) is 0 Å². The van der Waals surface area contributed by atoms with Gasteiger partial charge < -0.3 is 10.2 Å². The molecule has 2 heterocycles. The van der Waals surface area contributed by atoms with Crippen LogP contribution in [0, 0.1) is 0 Å². The summed E-state index contributed by atoms with van der Waals surface area (Å²) in [5.74, 6) is 0.383. The number of carbonyl (C=O) groups excluding carboxylic acids is 1. The normalized spacial score (nSPS) is 22.4. The van der Waals surface area contributed by atoms with Gasteiger partial charge in [-0.25, -0.2) is 4.98 Å². The Morgan fingerprint density at radius 3 is 2.62 bits per heavy atom. The molecule has 0 unspecified atom stereocenters. The lowest BCUT2D eigenvalue weighted by Crippen LogP contribution is -2.44. The van der Waals surface area contributed by atoms with Crippen molar-refractivity contribution >= 4 is 11.7 Å². The molecule has 1 atom stereocenters. The zero-order chi connectivity index (χ0) is 15.0. The molecule has 114 valence electrons. The van der Waals surface area contributed by atoms with Gasteiger partial charge in [0.1, 0.15) is 11.9 Å². The summed E-state index contributed by atoms with van der Waals surface area (Å²) >= 11 is 0. The van der Waals surface area contributed by atoms with Gasteiger partial charge in [0.2, 0.25) is 5.91 Å². The largest absolute Gasteiger partial charge is 0.417 e. The van der Waals surface area contributed by atoms with Crippen LogP contribution in [0.3, 0.4) is 0 Å². The number of pyridine rings is 1. The number of alkyl halides is 3. The first-order chi connectivity index (χ1) is 9.95. The van der Waals surface area contributed by atoms with E-state index in [2.05, 4.69) is 10.3 Å². The van der Waals surface area contributed by atoms with Crippen molar-refractivity contribution in [3.63, 3.8) is 0 Å². The Bertz CT molecular complexity index is 525. The van der Waals surface area contributed by atoms with Crippen molar-refractivity contribution in [2.75, 3.05) is 11.4 Å². The van der Waals surface area contributed by atoms with Crippen molar-refractivity contribution in [3.05, 3.63) is 23.9 Å². The summed E-state index contributed by atoms with van der Waals surface area (Å²) < 4.78 is 37.6. The van der Waals surface area contributed by atoms with Crippen molar-refractivity contribution in [2.24, 2.45) is 0 Å². The third-order valence-corrected chi connectivity index (χ3v) is 3.85. The summed E-state index contributed by atoms with van der Waals surface area (Å²) in [4.78, 5) is 17.8. The van der Waals surface area contributed by atoms with E-state index in [0.717, 1.165) is 31.5 Å². The molecule has 0 aromatic carbocycles. The van der Waals surface area contributed by atoms with E-state index >= 15 is 0 Å². The first-order valence-corrected chi connectivity index (χ1v) is 7.05. The Balaban J connectivity index is 1.73. The monoisotopic (exact) mass is 299 g/mol. The average Bonchev–Trinajstić information content (AvgIpc) is 3.11. The maximum absolute atomic E-state index is 12.5. The van der Waals surface area contributed by atoms with Crippen LogP contribution in [-0.4, -0.2) is 29.5 Å². The first-order valence-electron chi connectivity index (χ1n) is 7.05. The first kappa shape index (κ1) is 14.2. The van der Waals surface area contributed by atoms with Gasteiger partial charge in [-0.3, -0.25) is 4.79 Å². The van der Waals surface area contributed by atoms with Crippen LogP contribution in [0.15, 0.2) is 18.3 Å². The maximum atomic E-state index is 12.5. The lowest BCUT2D eigenvalue weighted by Gasteiger charge is -2.25. The molecule has 1 amide bonds. The van der Waals surface area contributed by atoms with E-state index in [1.165, 1.54) is 6.07 Å². The number of halogens is 3. The quantitative estimate of drug-likeness (QED) is 0.932. The SMILES string of the molecule is O=C(NC1CC1)[C@@H]1CCCN1c1ccc(C(F)(F)F)cn1. The second kappa shape index (κ2) is 5.20. The highest BCUT2D eigenvalue weighted by Gasteiger charge is 2.35. The predicted molar refractivity (Wildman–Crippen MR) is 70.8 cm³/mol. The average molecular weight is 299 g/mol. The number of nitrogens with zero attached hydrogens (tertiary/aromatic N) is 2. The third-order valence-electron chi connectivity index (χ3n) is 3.85. The van der Waals surface area contributed by atoms with Gasteiger partial charge in [0.15, 0.2) is 0 Å². The summed E-state index contributed by atoms with van der Waals surface area (Å²) in [5.41, 5.74) is -0.774. The molecule has 2 fully saturated rings. The number of carbonyl (C=O) groups is 1. The summed E-state index contributed by atoms with van der Waals surface area (Å²) in [6.45, 7) is 0.640. The standard InChI is InChI=1S/C14H16F3N3O/c15-14(16,17)9-3-6-12(18-8-9)20-7-1-2-11(20)13(21)19-10-4-5-10/h3,6,8,10-11H,1-2,4-5,7H2,(H,19,21)/t11-/m0/s1. The molecular formula is C14H16F3N3O. The van der Waals surface area contributed by atoms with Gasteiger partial charge in [-0.1, -0.05) is 0 Å². The van der Waals surface area contributed by atoms with E-state index in [9.17, 15) is 18.0 Å². The minimum absolute atomic E-state index is 0.0447. The van der Waals surface area contributed by atoms with Gasteiger partial charge in [-0.05, 0) is 37.8 Å². The molecule has 4 nitrogen and oxygen atoms in total. The minimum atomic E-state index is -4.39. The molecule has 1 aromatic rings. The molecule has 1 saturated carbocycles. The van der Waals surface area contributed by atoms with Gasteiger partial charge in [0, 0.05) is 18.8 Å². The molecule has 3 rings (SSSR count). The molecule has 0 spiro atoms. The van der Waals surface area contributed by atoms with Crippen LogP contribution in [0.4, 0.5) is 19.0 Å². The fourth-order valence-corrected chi connectivity index (χ4v) is 2.56. The van der Waals surface area contributed by atoms with E-state index in [4.69, 9.17) is 0 Å². The Hall–Kier alpha value is -1.79. The number of rotatable bonds is 3. The van der Waals surface area contributed by atoms with Gasteiger partial charge in [-0.2, -0.15) is 13.2 Å². The van der Waals surface area contributed by atoms with Crippen molar-refractivity contribution in [1.29, 1.82) is 0 Å². The highest BCUT2D eigenvalue weighted by molar-refractivity contribution is 5.86. The molecule has 1 aliphatic heterocycles. The Morgan fingerprint density at radius 2 is 2.05 bits per heavy atom. The highest BCUT2D eigenvalue weighted by atomic mass is 19.4. The molecule has 0 radical (unpaired) electrons. The smallest absolute Gasteiger partial charge is 0.352 e. The topological polar surface area (TPSA) is 45.2 Å². The van der Waals surface area contributed by atoms with Gasteiger partial charge >= 0.3 is 6.18 Å². The van der Waals surface area contributed by atoms with Crippen molar-refractivity contribution in [3.8, 4) is 0 Å². The number of aromatic nitrogens is 1. The van der Waals surface area contributed by atoms with Crippen LogP contribution in [0.1, 0.15) is 31.2 Å². The second-order valence-corrected chi connectivity index (χ2v) is 5.54. The molecular weight excluding hydrogens is 283 g/mol. The summed E-state index contributed by atoms with van der Waals surface area (Å²) in [6.07, 6.45) is 0.00346. The molecule has 7 heteroatoms. The lowest BCUT2D eigenvalue weighted by atomic mass is 10.2. The van der Waals surface area contributed by atoms with E-state index in [1.54, 1.807) is 4.90 Å². The number of amides is 1. The molecule has 2 aliphatic rings. The summed E-state index contributed by atoms with van der Waals surface area (Å²) in [7, 11) is 0. The number of hydrogen-bond donors (Lipinski definition) is 1. The molecule has 21 heavy (non-hydrogen) atoms. The fraction of sp³-hybridized carbons (Fsp3) is 0.571. The van der Waals surface area contributed by atoms with E-state index in [-0.39, 0.29) is 18.0 Å². The minimum Gasteiger partial charge on any atom is -0.352 e. The Labute approximate surface area is 120 Å². The van der Waals surface area contributed by atoms with Gasteiger partial charge in [0.25, 0.3) is 0 Å². The third kappa shape index (κ3) is 3.11. The van der Waals surface area contributed by atoms with Crippen LogP contribution in [0.5, 0.6) is 0 Å². The summed E-state index contributed by atoms with van der Waals surface area (Å²) in [6, 6.07) is 2.30. The van der Waals surface area contributed by atoms with E-state index in [1.807, 2.05) is 0 Å². The van der Waals surface area contributed by atoms with E-state index in [0.29, 0.717) is 18.8 Å². The second-order valence-electron chi connectivity index (χ2n) is 5.54. The molecule has 1 saturated heterocycles. The Morgan fingerprint density at radius 1 is 1.29 bits per heavy atom. The predicted octanol–water partition coefficient (Wildman–Crippen LogP) is 2.35. The molecule has 0 bridgehead atoms. The van der Waals surface area contributed by atoms with Crippen LogP contribution >= 0.6 is 0 Å². The Kier molecular flexibility index (Phi) is 3.51. The highest BCUT2D eigenvalue weighted by Crippen LogP contribution is 2.31. The zero-order valence-electron chi connectivity index (χ0n) is 11.4. The van der Waals surface area contributed by atoms with Crippen molar-refractivity contribution in [1.82, 2.24) is 10.3 Å². The molecule has 1 aromatic heterocycles. The van der Waals surface area contributed by atoms with E-state index < -0.39 is 11.7 Å². The zero-order valence-corrected chi connectivity index (χ0v) is 11.4. The summed E-state index contributed by atoms with van der Waals surface area (Å²) in [5, 5.41) is 2.94. The fourth-order valence-electron chi connectivity index (χ4n) is 2.56. The van der Waals surface area contributed by atoms with Crippen molar-refractivity contribution < 1.29 is 18.0 Å². The van der Waals surface area contributed by atoms with Crippen molar-refractivity contribution in [2.45, 2.75) is 43.9 Å². The maximum Gasteiger partial charge on any atom is 0.417 e. The molecule has 1 aliphatic carbocycles. The lowest BCUT2D eigenvalue weighted by molar-refractivity contribution is -0.137. The van der Waals surface area contributed by atoms with Crippen LogP contribution in [0.25, 0.3) is 0 Å². The number of nitrogens with one attached hydrogen (secondary N) is 1. The molecule has 1 N–H and O–H groups in total. The number of anilines is 1. The number of hydrogen-bond acceptors (Lipinski definition) is 3. The van der Waals surface area contributed by atoms with Gasteiger partial charge in [0.05, 0.1) is 5.56 Å².